The Balaban J connectivity index is 2.27. The molecule has 1 saturated heterocycles. The minimum absolute atomic E-state index is 0.0803. The number of benzene rings is 1. The number of ketones is 1. The molecule has 1 atom stereocenters. The number of hydrogen-bond donors (Lipinski definition) is 1. The first-order valence-electron chi connectivity index (χ1n) is 6.87. The number of halogens is 2. The molecule has 20 heavy (non-hydrogen) atoms. The van der Waals surface area contributed by atoms with Crippen molar-refractivity contribution in [2.24, 2.45) is 5.41 Å². The van der Waals surface area contributed by atoms with Crippen molar-refractivity contribution in [2.45, 2.75) is 19.8 Å². The molecular weight excluding hydrogens is 297 g/mol. The molecule has 3 nitrogen and oxygen atoms in total. The lowest BCUT2D eigenvalue weighted by Gasteiger charge is -2.36. The first-order chi connectivity index (χ1) is 9.59. The zero-order valence-electron chi connectivity index (χ0n) is 11.5. The van der Waals surface area contributed by atoms with E-state index >= 15 is 0 Å². The van der Waals surface area contributed by atoms with Gasteiger partial charge in [0.1, 0.15) is 0 Å². The van der Waals surface area contributed by atoms with Gasteiger partial charge in [-0.2, -0.15) is 0 Å². The van der Waals surface area contributed by atoms with Crippen molar-refractivity contribution in [1.29, 1.82) is 0 Å². The second-order valence-electron chi connectivity index (χ2n) is 5.16. The van der Waals surface area contributed by atoms with Gasteiger partial charge in [0, 0.05) is 18.7 Å². The standard InChI is InChI=1S/C15H19Cl2NO2/c1-2-20-10-15(6-3-7-18-9-15)14(19)11-4-5-12(16)13(17)8-11/h4-5,8,18H,2-3,6-7,9-10H2,1H3. The summed E-state index contributed by atoms with van der Waals surface area (Å²) in [5.74, 6) is 0.0803. The van der Waals surface area contributed by atoms with Crippen LogP contribution in [0.1, 0.15) is 30.1 Å². The molecule has 1 N–H and O–H groups in total. The molecule has 1 aliphatic rings. The van der Waals surface area contributed by atoms with Crippen LogP contribution < -0.4 is 5.32 Å². The number of ether oxygens (including phenoxy) is 1. The summed E-state index contributed by atoms with van der Waals surface area (Å²) in [5, 5.41) is 4.17. The molecule has 0 bridgehead atoms. The zero-order chi connectivity index (χ0) is 14.6. The molecule has 0 spiro atoms. The minimum Gasteiger partial charge on any atom is -0.381 e. The lowest BCUT2D eigenvalue weighted by atomic mass is 9.75. The van der Waals surface area contributed by atoms with Crippen LogP contribution in [-0.2, 0) is 4.74 Å². The summed E-state index contributed by atoms with van der Waals surface area (Å²) < 4.78 is 5.55. The maximum Gasteiger partial charge on any atom is 0.172 e. The molecule has 0 aliphatic carbocycles. The maximum absolute atomic E-state index is 12.9. The number of Topliss-reactive ketones (excluding diaryl/α,β-unsaturated/α-hetero) is 1. The van der Waals surface area contributed by atoms with Crippen LogP contribution in [0.5, 0.6) is 0 Å². The average Bonchev–Trinajstić information content (AvgIpc) is 2.48. The molecule has 1 unspecified atom stereocenters. The number of carbonyl (C=O) groups is 1. The van der Waals surface area contributed by atoms with Gasteiger partial charge in [-0.15, -0.1) is 0 Å². The van der Waals surface area contributed by atoms with E-state index in [4.69, 9.17) is 27.9 Å². The van der Waals surface area contributed by atoms with Crippen molar-refractivity contribution in [1.82, 2.24) is 5.32 Å². The van der Waals surface area contributed by atoms with E-state index in [1.165, 1.54) is 0 Å². The van der Waals surface area contributed by atoms with Gasteiger partial charge in [-0.3, -0.25) is 4.79 Å². The van der Waals surface area contributed by atoms with Crippen molar-refractivity contribution in [2.75, 3.05) is 26.3 Å². The summed E-state index contributed by atoms with van der Waals surface area (Å²) in [6.07, 6.45) is 1.80. The number of hydrogen-bond acceptors (Lipinski definition) is 3. The SMILES string of the molecule is CCOCC1(C(=O)c2ccc(Cl)c(Cl)c2)CCCNC1. The summed E-state index contributed by atoms with van der Waals surface area (Å²) in [5.41, 5.74) is 0.105. The highest BCUT2D eigenvalue weighted by atomic mass is 35.5. The quantitative estimate of drug-likeness (QED) is 0.844. The normalized spacial score (nSPS) is 22.8. The van der Waals surface area contributed by atoms with Crippen molar-refractivity contribution in [3.63, 3.8) is 0 Å². The van der Waals surface area contributed by atoms with Gasteiger partial charge in [-0.05, 0) is 44.5 Å². The zero-order valence-corrected chi connectivity index (χ0v) is 13.1. The first kappa shape index (κ1) is 15.8. The predicted octanol–water partition coefficient (Wildman–Crippen LogP) is 3.58. The van der Waals surface area contributed by atoms with E-state index in [1.54, 1.807) is 18.2 Å². The second kappa shape index (κ2) is 6.90. The molecular formula is C15H19Cl2NO2. The smallest absolute Gasteiger partial charge is 0.172 e. The van der Waals surface area contributed by atoms with Crippen LogP contribution in [0.15, 0.2) is 18.2 Å². The van der Waals surface area contributed by atoms with E-state index in [0.29, 0.717) is 35.4 Å². The Hall–Kier alpha value is -0.610. The molecule has 1 fully saturated rings. The minimum atomic E-state index is -0.495. The van der Waals surface area contributed by atoms with Crippen LogP contribution >= 0.6 is 23.2 Å². The monoisotopic (exact) mass is 315 g/mol. The summed E-state index contributed by atoms with van der Waals surface area (Å²) >= 11 is 11.9. The van der Waals surface area contributed by atoms with Gasteiger partial charge in [0.05, 0.1) is 22.1 Å². The Morgan fingerprint density at radius 3 is 2.80 bits per heavy atom. The van der Waals surface area contributed by atoms with Gasteiger partial charge < -0.3 is 10.1 Å². The van der Waals surface area contributed by atoms with Crippen molar-refractivity contribution < 1.29 is 9.53 Å². The Kier molecular flexibility index (Phi) is 5.44. The summed E-state index contributed by atoms with van der Waals surface area (Å²) in [6.45, 7) is 4.58. The van der Waals surface area contributed by atoms with Gasteiger partial charge in [-0.25, -0.2) is 0 Å². The summed E-state index contributed by atoms with van der Waals surface area (Å²) in [7, 11) is 0. The fourth-order valence-electron chi connectivity index (χ4n) is 2.59. The van der Waals surface area contributed by atoms with E-state index in [-0.39, 0.29) is 5.78 Å². The fourth-order valence-corrected chi connectivity index (χ4v) is 2.89. The molecule has 2 rings (SSSR count). The number of carbonyl (C=O) groups excluding carboxylic acids is 1. The van der Waals surface area contributed by atoms with Crippen molar-refractivity contribution in [3.05, 3.63) is 33.8 Å². The predicted molar refractivity (Wildman–Crippen MR) is 81.8 cm³/mol. The second-order valence-corrected chi connectivity index (χ2v) is 5.97. The Bertz CT molecular complexity index is 485. The van der Waals surface area contributed by atoms with E-state index in [1.807, 2.05) is 6.92 Å². The van der Waals surface area contributed by atoms with Crippen molar-refractivity contribution >= 4 is 29.0 Å². The van der Waals surface area contributed by atoms with Crippen molar-refractivity contribution in [3.8, 4) is 0 Å². The van der Waals surface area contributed by atoms with Crippen LogP contribution in [0.4, 0.5) is 0 Å². The molecule has 110 valence electrons. The highest BCUT2D eigenvalue weighted by Crippen LogP contribution is 2.33. The Morgan fingerprint density at radius 1 is 1.40 bits per heavy atom. The summed E-state index contributed by atoms with van der Waals surface area (Å²) in [4.78, 5) is 12.9. The van der Waals surface area contributed by atoms with E-state index in [9.17, 15) is 4.79 Å². The Labute approximate surface area is 129 Å². The van der Waals surface area contributed by atoms with Crippen LogP contribution in [0, 0.1) is 5.41 Å². The fraction of sp³-hybridized carbons (Fsp3) is 0.533. The maximum atomic E-state index is 12.9. The molecule has 1 aromatic carbocycles. The van der Waals surface area contributed by atoms with Gasteiger partial charge in [0.2, 0.25) is 0 Å². The lowest BCUT2D eigenvalue weighted by Crippen LogP contribution is -2.48. The van der Waals surface area contributed by atoms with Crippen LogP contribution in [0.25, 0.3) is 0 Å². The van der Waals surface area contributed by atoms with Gasteiger partial charge in [0.25, 0.3) is 0 Å². The average molecular weight is 316 g/mol. The highest BCUT2D eigenvalue weighted by Gasteiger charge is 2.40. The largest absolute Gasteiger partial charge is 0.381 e. The van der Waals surface area contributed by atoms with Crippen LogP contribution in [-0.4, -0.2) is 32.1 Å². The third-order valence-electron chi connectivity index (χ3n) is 3.72. The molecule has 1 heterocycles. The van der Waals surface area contributed by atoms with Gasteiger partial charge in [-0.1, -0.05) is 23.2 Å². The van der Waals surface area contributed by atoms with E-state index < -0.39 is 5.41 Å². The Morgan fingerprint density at radius 2 is 2.20 bits per heavy atom. The highest BCUT2D eigenvalue weighted by molar-refractivity contribution is 6.42. The van der Waals surface area contributed by atoms with Crippen LogP contribution in [0.2, 0.25) is 10.0 Å². The molecule has 0 saturated carbocycles. The van der Waals surface area contributed by atoms with Crippen LogP contribution in [0.3, 0.4) is 0 Å². The number of nitrogens with one attached hydrogen (secondary N) is 1. The molecule has 0 aromatic heterocycles. The lowest BCUT2D eigenvalue weighted by molar-refractivity contribution is 0.0304. The van der Waals surface area contributed by atoms with Gasteiger partial charge >= 0.3 is 0 Å². The summed E-state index contributed by atoms with van der Waals surface area (Å²) in [6, 6.07) is 5.05. The molecule has 1 aromatic rings. The molecule has 5 heteroatoms. The first-order valence-corrected chi connectivity index (χ1v) is 7.63. The third kappa shape index (κ3) is 3.34. The van der Waals surface area contributed by atoms with E-state index in [0.717, 1.165) is 19.4 Å². The van der Waals surface area contributed by atoms with E-state index in [2.05, 4.69) is 5.32 Å². The third-order valence-corrected chi connectivity index (χ3v) is 4.46. The number of piperidine rings is 1. The molecule has 0 radical (unpaired) electrons. The molecule has 1 aliphatic heterocycles. The molecule has 0 amide bonds. The van der Waals surface area contributed by atoms with Gasteiger partial charge in [0.15, 0.2) is 5.78 Å². The topological polar surface area (TPSA) is 38.3 Å². The number of rotatable bonds is 5.